The Morgan fingerprint density at radius 1 is 1.20 bits per heavy atom. The highest BCUT2D eigenvalue weighted by Crippen LogP contribution is 2.23. The van der Waals surface area contributed by atoms with E-state index in [-0.39, 0.29) is 18.1 Å². The number of nitrogens with zero attached hydrogens (tertiary/aromatic N) is 4. The van der Waals surface area contributed by atoms with Crippen molar-refractivity contribution in [3.63, 3.8) is 0 Å². The SMILES string of the molecule is O=C(O)Cn1cc(C(=O)N2Cc3ccccc3C2)nn1. The quantitative estimate of drug-likeness (QED) is 0.880. The minimum Gasteiger partial charge on any atom is -0.480 e. The van der Waals surface area contributed by atoms with Crippen molar-refractivity contribution in [3.8, 4) is 0 Å². The number of aromatic nitrogens is 3. The van der Waals surface area contributed by atoms with E-state index in [4.69, 9.17) is 5.11 Å². The molecule has 3 rings (SSSR count). The number of hydrogen-bond donors (Lipinski definition) is 1. The average molecular weight is 272 g/mol. The third-order valence-electron chi connectivity index (χ3n) is 3.18. The first-order chi connectivity index (χ1) is 9.63. The van der Waals surface area contributed by atoms with E-state index >= 15 is 0 Å². The summed E-state index contributed by atoms with van der Waals surface area (Å²) in [6.45, 7) is 0.780. The third kappa shape index (κ3) is 2.25. The highest BCUT2D eigenvalue weighted by atomic mass is 16.4. The van der Waals surface area contributed by atoms with Crippen LogP contribution in [0.4, 0.5) is 0 Å². The molecular weight excluding hydrogens is 260 g/mol. The van der Waals surface area contributed by atoms with Crippen LogP contribution >= 0.6 is 0 Å². The molecule has 0 fully saturated rings. The van der Waals surface area contributed by atoms with Gasteiger partial charge in [-0.2, -0.15) is 0 Å². The van der Waals surface area contributed by atoms with Crippen molar-refractivity contribution in [3.05, 3.63) is 47.3 Å². The van der Waals surface area contributed by atoms with Crippen molar-refractivity contribution in [2.45, 2.75) is 19.6 Å². The van der Waals surface area contributed by atoms with Crippen LogP contribution in [-0.2, 0) is 24.4 Å². The van der Waals surface area contributed by atoms with Gasteiger partial charge in [-0.25, -0.2) is 4.68 Å². The fourth-order valence-corrected chi connectivity index (χ4v) is 2.25. The second kappa shape index (κ2) is 4.76. The molecule has 1 aliphatic heterocycles. The lowest BCUT2D eigenvalue weighted by atomic mass is 10.1. The minimum atomic E-state index is -1.03. The molecule has 102 valence electrons. The molecule has 0 spiro atoms. The average Bonchev–Trinajstić information content (AvgIpc) is 3.03. The van der Waals surface area contributed by atoms with E-state index in [1.54, 1.807) is 4.90 Å². The Labute approximate surface area is 114 Å². The summed E-state index contributed by atoms with van der Waals surface area (Å²) in [5.41, 5.74) is 2.41. The first-order valence-electron chi connectivity index (χ1n) is 6.11. The zero-order valence-electron chi connectivity index (χ0n) is 10.6. The molecule has 1 amide bonds. The largest absolute Gasteiger partial charge is 0.480 e. The van der Waals surface area contributed by atoms with E-state index in [1.807, 2.05) is 24.3 Å². The van der Waals surface area contributed by atoms with Gasteiger partial charge in [-0.3, -0.25) is 9.59 Å². The Hall–Kier alpha value is -2.70. The number of carboxylic acids is 1. The first kappa shape index (κ1) is 12.3. The van der Waals surface area contributed by atoms with Crippen molar-refractivity contribution < 1.29 is 14.7 Å². The normalized spacial score (nSPS) is 13.3. The predicted molar refractivity (Wildman–Crippen MR) is 67.7 cm³/mol. The second-order valence-electron chi connectivity index (χ2n) is 4.63. The predicted octanol–water partition coefficient (Wildman–Crippen LogP) is 0.519. The van der Waals surface area contributed by atoms with Gasteiger partial charge in [-0.1, -0.05) is 29.5 Å². The molecule has 20 heavy (non-hydrogen) atoms. The molecule has 2 heterocycles. The van der Waals surface area contributed by atoms with Gasteiger partial charge in [0.25, 0.3) is 5.91 Å². The molecule has 2 aromatic rings. The Morgan fingerprint density at radius 3 is 2.45 bits per heavy atom. The molecule has 0 aliphatic carbocycles. The van der Waals surface area contributed by atoms with Crippen LogP contribution < -0.4 is 0 Å². The molecule has 1 aromatic heterocycles. The van der Waals surface area contributed by atoms with Crippen molar-refractivity contribution in [2.24, 2.45) is 0 Å². The number of hydrogen-bond acceptors (Lipinski definition) is 4. The van der Waals surface area contributed by atoms with Crippen LogP contribution in [0.25, 0.3) is 0 Å². The minimum absolute atomic E-state index is 0.166. The highest BCUT2D eigenvalue weighted by Gasteiger charge is 2.25. The number of benzene rings is 1. The zero-order valence-corrected chi connectivity index (χ0v) is 10.6. The van der Waals surface area contributed by atoms with Gasteiger partial charge in [-0.15, -0.1) is 5.10 Å². The van der Waals surface area contributed by atoms with Gasteiger partial charge in [0, 0.05) is 13.1 Å². The number of rotatable bonds is 3. The summed E-state index contributed by atoms with van der Waals surface area (Å²) in [7, 11) is 0. The smallest absolute Gasteiger partial charge is 0.325 e. The molecule has 0 unspecified atom stereocenters. The van der Waals surface area contributed by atoms with Crippen LogP contribution in [0.3, 0.4) is 0 Å². The second-order valence-corrected chi connectivity index (χ2v) is 4.63. The van der Waals surface area contributed by atoms with Crippen LogP contribution in [0.1, 0.15) is 21.6 Å². The summed E-state index contributed by atoms with van der Waals surface area (Å²) in [5.74, 6) is -1.26. The zero-order chi connectivity index (χ0) is 14.1. The Balaban J connectivity index is 1.74. The van der Waals surface area contributed by atoms with E-state index in [9.17, 15) is 9.59 Å². The summed E-state index contributed by atoms with van der Waals surface area (Å²) in [4.78, 5) is 24.5. The van der Waals surface area contributed by atoms with Gasteiger partial charge in [0.1, 0.15) is 6.54 Å². The maximum atomic E-state index is 12.3. The first-order valence-corrected chi connectivity index (χ1v) is 6.11. The number of amides is 1. The number of fused-ring (bicyclic) bond motifs is 1. The van der Waals surface area contributed by atoms with Gasteiger partial charge in [0.15, 0.2) is 5.69 Å². The Bertz CT molecular complexity index is 655. The summed E-state index contributed by atoms with van der Waals surface area (Å²) in [6, 6.07) is 7.86. The molecule has 1 aromatic carbocycles. The van der Waals surface area contributed by atoms with E-state index in [0.29, 0.717) is 13.1 Å². The molecule has 0 atom stereocenters. The van der Waals surface area contributed by atoms with Crippen molar-refractivity contribution in [1.29, 1.82) is 0 Å². The standard InChI is InChI=1S/C13H12N4O3/c18-12(19)8-17-7-11(14-15-17)13(20)16-5-9-3-1-2-4-10(9)6-16/h1-4,7H,5-6,8H2,(H,18,19). The maximum absolute atomic E-state index is 12.3. The molecule has 1 aliphatic rings. The van der Waals surface area contributed by atoms with Crippen LogP contribution in [-0.4, -0.2) is 36.9 Å². The Kier molecular flexibility index (Phi) is 2.94. The highest BCUT2D eigenvalue weighted by molar-refractivity contribution is 5.92. The van der Waals surface area contributed by atoms with Crippen LogP contribution in [0, 0.1) is 0 Å². The van der Waals surface area contributed by atoms with Crippen molar-refractivity contribution >= 4 is 11.9 Å². The molecule has 1 N–H and O–H groups in total. The summed E-state index contributed by atoms with van der Waals surface area (Å²) in [6.07, 6.45) is 1.36. The van der Waals surface area contributed by atoms with E-state index < -0.39 is 5.97 Å². The van der Waals surface area contributed by atoms with Gasteiger partial charge < -0.3 is 10.0 Å². The van der Waals surface area contributed by atoms with Crippen LogP contribution in [0.5, 0.6) is 0 Å². The van der Waals surface area contributed by atoms with Crippen LogP contribution in [0.2, 0.25) is 0 Å². The lowest BCUT2D eigenvalue weighted by molar-refractivity contribution is -0.137. The van der Waals surface area contributed by atoms with Crippen molar-refractivity contribution in [1.82, 2.24) is 19.9 Å². The monoisotopic (exact) mass is 272 g/mol. The molecular formula is C13H12N4O3. The van der Waals surface area contributed by atoms with Gasteiger partial charge in [-0.05, 0) is 11.1 Å². The number of carbonyl (C=O) groups excluding carboxylic acids is 1. The lowest BCUT2D eigenvalue weighted by Gasteiger charge is -2.12. The molecule has 0 radical (unpaired) electrons. The van der Waals surface area contributed by atoms with E-state index in [0.717, 1.165) is 15.8 Å². The number of carboxylic acid groups (broad SMARTS) is 1. The van der Waals surface area contributed by atoms with Gasteiger partial charge >= 0.3 is 5.97 Å². The van der Waals surface area contributed by atoms with Crippen LogP contribution in [0.15, 0.2) is 30.5 Å². The third-order valence-corrected chi connectivity index (χ3v) is 3.18. The fraction of sp³-hybridized carbons (Fsp3) is 0.231. The fourth-order valence-electron chi connectivity index (χ4n) is 2.25. The van der Waals surface area contributed by atoms with Gasteiger partial charge in [0.2, 0.25) is 0 Å². The molecule has 0 bridgehead atoms. The van der Waals surface area contributed by atoms with Gasteiger partial charge in [0.05, 0.1) is 6.20 Å². The van der Waals surface area contributed by atoms with E-state index in [1.165, 1.54) is 6.20 Å². The molecule has 0 saturated carbocycles. The topological polar surface area (TPSA) is 88.3 Å². The number of aliphatic carboxylic acids is 1. The summed E-state index contributed by atoms with van der Waals surface area (Å²) >= 11 is 0. The molecule has 0 saturated heterocycles. The lowest BCUT2D eigenvalue weighted by Crippen LogP contribution is -2.25. The molecule has 7 nitrogen and oxygen atoms in total. The molecule has 7 heteroatoms. The maximum Gasteiger partial charge on any atom is 0.325 e. The summed E-state index contributed by atoms with van der Waals surface area (Å²) in [5, 5.41) is 16.0. The van der Waals surface area contributed by atoms with Crippen molar-refractivity contribution in [2.75, 3.05) is 0 Å². The summed E-state index contributed by atoms with van der Waals surface area (Å²) < 4.78 is 1.14. The Morgan fingerprint density at radius 2 is 1.85 bits per heavy atom. The number of carbonyl (C=O) groups is 2. The van der Waals surface area contributed by atoms with E-state index in [2.05, 4.69) is 10.3 Å².